The lowest BCUT2D eigenvalue weighted by Crippen LogP contribution is -2.64. The minimum absolute atomic E-state index is 0.132. The van der Waals surface area contributed by atoms with E-state index in [1.54, 1.807) is 0 Å². The van der Waals surface area contributed by atoms with Gasteiger partial charge in [-0.2, -0.15) is 0 Å². The third-order valence-electron chi connectivity index (χ3n) is 5.78. The average Bonchev–Trinajstić information content (AvgIpc) is 3.30. The molecule has 0 aliphatic heterocycles. The first kappa shape index (κ1) is 15.3. The molecular formula is C17H31N3O. The van der Waals surface area contributed by atoms with Crippen LogP contribution in [0.2, 0.25) is 0 Å². The lowest BCUT2D eigenvalue weighted by atomic mass is 9.84. The summed E-state index contributed by atoms with van der Waals surface area (Å²) in [6.07, 6.45) is 9.91. The van der Waals surface area contributed by atoms with Crippen LogP contribution in [0.15, 0.2) is 0 Å². The summed E-state index contributed by atoms with van der Waals surface area (Å²) in [7, 11) is 2.19. The van der Waals surface area contributed by atoms with Gasteiger partial charge in [0.05, 0.1) is 0 Å². The number of primary amides is 1. The summed E-state index contributed by atoms with van der Waals surface area (Å²) < 4.78 is 0. The molecule has 4 nitrogen and oxygen atoms in total. The monoisotopic (exact) mass is 293 g/mol. The van der Waals surface area contributed by atoms with Crippen LogP contribution in [0, 0.1) is 11.8 Å². The largest absolute Gasteiger partial charge is 0.368 e. The maximum atomic E-state index is 12.3. The molecule has 3 rings (SSSR count). The van der Waals surface area contributed by atoms with Gasteiger partial charge in [-0.25, -0.2) is 0 Å². The standard InChI is InChI=1S/C17H31N3O/c1-12-4-3-5-15(10-12)20(2)11-17(16(18)21,13-6-7-13)19-14-8-9-14/h12-15,19H,3-11H2,1-2H3,(H2,18,21). The first-order valence-corrected chi connectivity index (χ1v) is 8.79. The van der Waals surface area contributed by atoms with Crippen molar-refractivity contribution in [2.45, 2.75) is 75.9 Å². The highest BCUT2D eigenvalue weighted by Crippen LogP contribution is 2.42. The molecule has 0 bridgehead atoms. The molecule has 0 aromatic heterocycles. The topological polar surface area (TPSA) is 58.4 Å². The lowest BCUT2D eigenvalue weighted by Gasteiger charge is -2.41. The smallest absolute Gasteiger partial charge is 0.239 e. The summed E-state index contributed by atoms with van der Waals surface area (Å²) in [5, 5.41) is 3.63. The minimum Gasteiger partial charge on any atom is -0.368 e. The number of likely N-dealkylation sites (N-methyl/N-ethyl adjacent to an activating group) is 1. The molecule has 0 heterocycles. The van der Waals surface area contributed by atoms with E-state index in [2.05, 4.69) is 24.2 Å². The quantitative estimate of drug-likeness (QED) is 0.753. The van der Waals surface area contributed by atoms with Gasteiger partial charge in [0.15, 0.2) is 0 Å². The molecule has 0 aromatic carbocycles. The molecule has 0 saturated heterocycles. The first-order valence-electron chi connectivity index (χ1n) is 8.79. The summed E-state index contributed by atoms with van der Waals surface area (Å²) in [6, 6.07) is 1.14. The second-order valence-electron chi connectivity index (χ2n) is 7.87. The molecule has 4 heteroatoms. The van der Waals surface area contributed by atoms with E-state index in [4.69, 9.17) is 5.73 Å². The molecule has 3 unspecified atom stereocenters. The molecule has 3 aliphatic rings. The zero-order chi connectivity index (χ0) is 15.0. The van der Waals surface area contributed by atoms with Crippen LogP contribution < -0.4 is 11.1 Å². The van der Waals surface area contributed by atoms with Gasteiger partial charge in [0.25, 0.3) is 0 Å². The van der Waals surface area contributed by atoms with Gasteiger partial charge < -0.3 is 10.6 Å². The number of nitrogens with zero attached hydrogens (tertiary/aromatic N) is 1. The number of hydrogen-bond acceptors (Lipinski definition) is 3. The van der Waals surface area contributed by atoms with Crippen molar-refractivity contribution in [1.29, 1.82) is 0 Å². The van der Waals surface area contributed by atoms with Crippen LogP contribution >= 0.6 is 0 Å². The molecule has 0 aromatic rings. The Morgan fingerprint density at radius 1 is 1.24 bits per heavy atom. The summed E-state index contributed by atoms with van der Waals surface area (Å²) in [5.41, 5.74) is 5.39. The Hall–Kier alpha value is -0.610. The third-order valence-corrected chi connectivity index (χ3v) is 5.78. The first-order chi connectivity index (χ1) is 10.0. The summed E-state index contributed by atoms with van der Waals surface area (Å²) >= 11 is 0. The SMILES string of the molecule is CC1CCCC(N(C)CC(NC2CC2)(C(N)=O)C2CC2)C1. The molecule has 3 N–H and O–H groups in total. The van der Waals surface area contributed by atoms with Crippen molar-refractivity contribution < 1.29 is 4.79 Å². The van der Waals surface area contributed by atoms with E-state index >= 15 is 0 Å². The van der Waals surface area contributed by atoms with Crippen molar-refractivity contribution in [2.24, 2.45) is 17.6 Å². The average molecular weight is 293 g/mol. The highest BCUT2D eigenvalue weighted by molar-refractivity contribution is 5.86. The predicted molar refractivity (Wildman–Crippen MR) is 84.9 cm³/mol. The van der Waals surface area contributed by atoms with Gasteiger partial charge in [0, 0.05) is 18.6 Å². The normalized spacial score (nSPS) is 32.9. The maximum Gasteiger partial charge on any atom is 0.239 e. The Morgan fingerprint density at radius 3 is 2.48 bits per heavy atom. The Morgan fingerprint density at radius 2 is 1.95 bits per heavy atom. The summed E-state index contributed by atoms with van der Waals surface area (Å²) in [6.45, 7) is 3.14. The van der Waals surface area contributed by atoms with Crippen molar-refractivity contribution in [3.63, 3.8) is 0 Å². The summed E-state index contributed by atoms with van der Waals surface area (Å²) in [4.78, 5) is 14.7. The van der Waals surface area contributed by atoms with Crippen molar-refractivity contribution >= 4 is 5.91 Å². The van der Waals surface area contributed by atoms with E-state index in [1.165, 1.54) is 38.5 Å². The van der Waals surface area contributed by atoms with Crippen LogP contribution in [0.25, 0.3) is 0 Å². The molecule has 3 fully saturated rings. The number of rotatable bonds is 7. The fourth-order valence-electron chi connectivity index (χ4n) is 4.14. The van der Waals surface area contributed by atoms with E-state index in [9.17, 15) is 4.79 Å². The van der Waals surface area contributed by atoms with E-state index in [1.807, 2.05) is 0 Å². The molecule has 0 spiro atoms. The van der Waals surface area contributed by atoms with Crippen LogP contribution in [-0.4, -0.2) is 42.0 Å². The van der Waals surface area contributed by atoms with Gasteiger partial charge in [0.1, 0.15) is 5.54 Å². The lowest BCUT2D eigenvalue weighted by molar-refractivity contribution is -0.126. The van der Waals surface area contributed by atoms with Crippen LogP contribution in [0.5, 0.6) is 0 Å². The molecule has 1 amide bonds. The fourth-order valence-corrected chi connectivity index (χ4v) is 4.14. The number of carbonyl (C=O) groups excluding carboxylic acids is 1. The Balaban J connectivity index is 1.69. The second-order valence-corrected chi connectivity index (χ2v) is 7.87. The van der Waals surface area contributed by atoms with Crippen molar-refractivity contribution in [2.75, 3.05) is 13.6 Å². The molecule has 3 atom stereocenters. The van der Waals surface area contributed by atoms with Gasteiger partial charge in [0.2, 0.25) is 5.91 Å². The van der Waals surface area contributed by atoms with Crippen LogP contribution in [-0.2, 0) is 4.79 Å². The Kier molecular flexibility index (Phi) is 4.28. The van der Waals surface area contributed by atoms with Gasteiger partial charge in [-0.1, -0.05) is 19.8 Å². The van der Waals surface area contributed by atoms with Crippen molar-refractivity contribution in [3.8, 4) is 0 Å². The molecule has 21 heavy (non-hydrogen) atoms. The van der Waals surface area contributed by atoms with Gasteiger partial charge in [-0.15, -0.1) is 0 Å². The third kappa shape index (κ3) is 3.42. The number of nitrogens with one attached hydrogen (secondary N) is 1. The van der Waals surface area contributed by atoms with Crippen LogP contribution in [0.1, 0.15) is 58.3 Å². The maximum absolute atomic E-state index is 12.3. The second kappa shape index (κ2) is 5.88. The number of amides is 1. The molecule has 3 aliphatic carbocycles. The zero-order valence-electron chi connectivity index (χ0n) is 13.6. The Bertz CT molecular complexity index is 391. The molecular weight excluding hydrogens is 262 g/mol. The highest BCUT2D eigenvalue weighted by Gasteiger charge is 2.52. The number of hydrogen-bond donors (Lipinski definition) is 2. The number of carbonyl (C=O) groups is 1. The molecule has 3 saturated carbocycles. The van der Waals surface area contributed by atoms with Crippen LogP contribution in [0.3, 0.4) is 0 Å². The van der Waals surface area contributed by atoms with Gasteiger partial charge >= 0.3 is 0 Å². The van der Waals surface area contributed by atoms with E-state index in [-0.39, 0.29) is 5.91 Å². The van der Waals surface area contributed by atoms with Gasteiger partial charge in [-0.3, -0.25) is 10.1 Å². The minimum atomic E-state index is -0.476. The van der Waals surface area contributed by atoms with Gasteiger partial charge in [-0.05, 0) is 57.4 Å². The number of nitrogens with two attached hydrogens (primary N) is 1. The highest BCUT2D eigenvalue weighted by atomic mass is 16.1. The summed E-state index contributed by atoms with van der Waals surface area (Å²) in [5.74, 6) is 1.14. The van der Waals surface area contributed by atoms with Crippen molar-refractivity contribution in [3.05, 3.63) is 0 Å². The zero-order valence-corrected chi connectivity index (χ0v) is 13.6. The van der Waals surface area contributed by atoms with Crippen molar-refractivity contribution in [1.82, 2.24) is 10.2 Å². The van der Waals surface area contributed by atoms with Crippen LogP contribution in [0.4, 0.5) is 0 Å². The predicted octanol–water partition coefficient (Wildman–Crippen LogP) is 1.88. The Labute approximate surface area is 128 Å². The van der Waals surface area contributed by atoms with E-state index in [0.717, 1.165) is 25.3 Å². The van der Waals surface area contributed by atoms with E-state index in [0.29, 0.717) is 18.0 Å². The molecule has 120 valence electrons. The fraction of sp³-hybridized carbons (Fsp3) is 0.941. The van der Waals surface area contributed by atoms with E-state index < -0.39 is 5.54 Å². The molecule has 0 radical (unpaired) electrons.